The number of aromatic nitrogens is 2. The first-order valence-electron chi connectivity index (χ1n) is 11.1. The number of ether oxygens (including phenoxy) is 1. The van der Waals surface area contributed by atoms with Crippen LogP contribution in [-0.4, -0.2) is 53.2 Å². The van der Waals surface area contributed by atoms with Crippen LogP contribution in [0.5, 0.6) is 5.75 Å². The monoisotopic (exact) mass is 446 g/mol. The SMILES string of the molecule is COc1ccc(-c2cccc(CC3C(=O)NCCN3C(=O)c3cc(C(C)(C)C)[nH]n3)c2)cc1. The summed E-state index contributed by atoms with van der Waals surface area (Å²) < 4.78 is 5.24. The zero-order valence-electron chi connectivity index (χ0n) is 19.5. The second kappa shape index (κ2) is 9.10. The van der Waals surface area contributed by atoms with Crippen LogP contribution >= 0.6 is 0 Å². The maximum absolute atomic E-state index is 13.3. The number of rotatable bonds is 5. The van der Waals surface area contributed by atoms with Crippen molar-refractivity contribution in [2.75, 3.05) is 20.2 Å². The average Bonchev–Trinajstić information content (AvgIpc) is 3.31. The molecule has 172 valence electrons. The third kappa shape index (κ3) is 4.92. The number of methoxy groups -OCH3 is 1. The normalized spacial score (nSPS) is 16.4. The van der Waals surface area contributed by atoms with E-state index in [0.29, 0.717) is 25.2 Å². The van der Waals surface area contributed by atoms with E-state index in [1.165, 1.54) is 0 Å². The molecule has 2 aromatic carbocycles. The molecule has 7 heteroatoms. The first-order valence-corrected chi connectivity index (χ1v) is 11.1. The van der Waals surface area contributed by atoms with E-state index < -0.39 is 6.04 Å². The Morgan fingerprint density at radius 2 is 1.88 bits per heavy atom. The van der Waals surface area contributed by atoms with Gasteiger partial charge in [-0.1, -0.05) is 57.2 Å². The molecular formula is C26H30N4O3. The van der Waals surface area contributed by atoms with Crippen molar-refractivity contribution < 1.29 is 14.3 Å². The van der Waals surface area contributed by atoms with Crippen molar-refractivity contribution in [1.82, 2.24) is 20.4 Å². The lowest BCUT2D eigenvalue weighted by molar-refractivity contribution is -0.127. The Hall–Kier alpha value is -3.61. The van der Waals surface area contributed by atoms with Crippen LogP contribution in [0.2, 0.25) is 0 Å². The lowest BCUT2D eigenvalue weighted by Gasteiger charge is -2.34. The molecule has 2 N–H and O–H groups in total. The second-order valence-electron chi connectivity index (χ2n) is 9.36. The van der Waals surface area contributed by atoms with E-state index in [0.717, 1.165) is 28.1 Å². The molecule has 1 unspecified atom stereocenters. The fraction of sp³-hybridized carbons (Fsp3) is 0.346. The molecule has 33 heavy (non-hydrogen) atoms. The zero-order valence-corrected chi connectivity index (χ0v) is 19.5. The quantitative estimate of drug-likeness (QED) is 0.627. The second-order valence-corrected chi connectivity index (χ2v) is 9.36. The molecule has 1 fully saturated rings. The Labute approximate surface area is 194 Å². The van der Waals surface area contributed by atoms with Crippen LogP contribution in [0.15, 0.2) is 54.6 Å². The number of carbonyl (C=O) groups is 2. The fourth-order valence-corrected chi connectivity index (χ4v) is 4.01. The van der Waals surface area contributed by atoms with Gasteiger partial charge in [0.05, 0.1) is 7.11 Å². The van der Waals surface area contributed by atoms with Crippen molar-refractivity contribution in [2.45, 2.75) is 38.6 Å². The summed E-state index contributed by atoms with van der Waals surface area (Å²) in [6.07, 6.45) is 0.429. The molecule has 0 spiro atoms. The van der Waals surface area contributed by atoms with E-state index in [1.807, 2.05) is 42.5 Å². The minimum Gasteiger partial charge on any atom is -0.497 e. The number of carbonyl (C=O) groups excluding carboxylic acids is 2. The molecule has 0 aliphatic carbocycles. The summed E-state index contributed by atoms with van der Waals surface area (Å²) in [7, 11) is 1.64. The lowest BCUT2D eigenvalue weighted by atomic mass is 9.92. The Morgan fingerprint density at radius 1 is 1.12 bits per heavy atom. The molecule has 1 aromatic heterocycles. The van der Waals surface area contributed by atoms with E-state index >= 15 is 0 Å². The molecular weight excluding hydrogens is 416 g/mol. The Kier molecular flexibility index (Phi) is 6.22. The largest absolute Gasteiger partial charge is 0.497 e. The Balaban J connectivity index is 1.57. The highest BCUT2D eigenvalue weighted by molar-refractivity contribution is 5.97. The van der Waals surface area contributed by atoms with Gasteiger partial charge in [-0.3, -0.25) is 14.7 Å². The van der Waals surface area contributed by atoms with Crippen molar-refractivity contribution in [3.63, 3.8) is 0 Å². The predicted octanol–water partition coefficient (Wildman–Crippen LogP) is 3.57. The highest BCUT2D eigenvalue weighted by Gasteiger charge is 2.35. The summed E-state index contributed by atoms with van der Waals surface area (Å²) in [5.41, 5.74) is 4.17. The summed E-state index contributed by atoms with van der Waals surface area (Å²) in [6.45, 7) is 7.06. The van der Waals surface area contributed by atoms with Gasteiger partial charge in [-0.15, -0.1) is 0 Å². The predicted molar refractivity (Wildman–Crippen MR) is 127 cm³/mol. The van der Waals surface area contributed by atoms with Gasteiger partial charge in [0.2, 0.25) is 5.91 Å². The van der Waals surface area contributed by atoms with Gasteiger partial charge in [0, 0.05) is 30.6 Å². The van der Waals surface area contributed by atoms with Crippen LogP contribution in [0.25, 0.3) is 11.1 Å². The summed E-state index contributed by atoms with van der Waals surface area (Å²) >= 11 is 0. The average molecular weight is 447 g/mol. The maximum atomic E-state index is 13.3. The molecule has 7 nitrogen and oxygen atoms in total. The van der Waals surface area contributed by atoms with Crippen LogP contribution in [0.4, 0.5) is 0 Å². The van der Waals surface area contributed by atoms with E-state index in [2.05, 4.69) is 42.4 Å². The minimum absolute atomic E-state index is 0.143. The molecule has 3 aromatic rings. The van der Waals surface area contributed by atoms with Gasteiger partial charge in [-0.25, -0.2) is 0 Å². The molecule has 4 rings (SSSR count). The summed E-state index contributed by atoms with van der Waals surface area (Å²) in [4.78, 5) is 27.7. The molecule has 0 bridgehead atoms. The first kappa shape index (κ1) is 22.6. The molecule has 1 aliphatic heterocycles. The van der Waals surface area contributed by atoms with Crippen molar-refractivity contribution >= 4 is 11.8 Å². The van der Waals surface area contributed by atoms with Crippen LogP contribution < -0.4 is 10.1 Å². The van der Waals surface area contributed by atoms with E-state index in [9.17, 15) is 9.59 Å². The zero-order chi connectivity index (χ0) is 23.6. The molecule has 1 aliphatic rings. The Bertz CT molecular complexity index is 1140. The highest BCUT2D eigenvalue weighted by Crippen LogP contribution is 2.25. The first-order chi connectivity index (χ1) is 15.8. The van der Waals surface area contributed by atoms with E-state index in [4.69, 9.17) is 4.74 Å². The summed E-state index contributed by atoms with van der Waals surface area (Å²) in [5.74, 6) is 0.430. The summed E-state index contributed by atoms with van der Waals surface area (Å²) in [5, 5.41) is 10.1. The minimum atomic E-state index is -0.591. The smallest absolute Gasteiger partial charge is 0.275 e. The van der Waals surface area contributed by atoms with E-state index in [1.54, 1.807) is 18.1 Å². The van der Waals surface area contributed by atoms with Crippen molar-refractivity contribution in [2.24, 2.45) is 0 Å². The number of amides is 2. The molecule has 1 saturated heterocycles. The molecule has 1 atom stereocenters. The molecule has 0 saturated carbocycles. The van der Waals surface area contributed by atoms with Crippen LogP contribution in [0.3, 0.4) is 0 Å². The van der Waals surface area contributed by atoms with Crippen LogP contribution in [0.1, 0.15) is 42.5 Å². The number of aromatic amines is 1. The number of nitrogens with zero attached hydrogens (tertiary/aromatic N) is 2. The van der Waals surface area contributed by atoms with Gasteiger partial charge in [0.25, 0.3) is 5.91 Å². The number of benzene rings is 2. The third-order valence-electron chi connectivity index (χ3n) is 5.98. The van der Waals surface area contributed by atoms with Gasteiger partial charge in [-0.05, 0) is 34.9 Å². The number of nitrogens with one attached hydrogen (secondary N) is 2. The lowest BCUT2D eigenvalue weighted by Crippen LogP contribution is -2.58. The standard InChI is InChI=1S/C26H30N4O3/c1-26(2,3)23-16-21(28-29-23)25(32)30-13-12-27-24(31)22(30)15-17-6-5-7-19(14-17)18-8-10-20(33-4)11-9-18/h5-11,14,16,22H,12-13,15H2,1-4H3,(H,27,31)(H,28,29). The number of hydrogen-bond donors (Lipinski definition) is 2. The fourth-order valence-electron chi connectivity index (χ4n) is 4.01. The molecule has 2 amide bonds. The van der Waals surface area contributed by atoms with Gasteiger partial charge >= 0.3 is 0 Å². The number of H-pyrrole nitrogens is 1. The Morgan fingerprint density at radius 3 is 2.55 bits per heavy atom. The van der Waals surface area contributed by atoms with Crippen LogP contribution in [-0.2, 0) is 16.6 Å². The number of hydrogen-bond acceptors (Lipinski definition) is 4. The van der Waals surface area contributed by atoms with Crippen molar-refractivity contribution in [1.29, 1.82) is 0 Å². The van der Waals surface area contributed by atoms with Crippen molar-refractivity contribution in [3.8, 4) is 16.9 Å². The topological polar surface area (TPSA) is 87.3 Å². The number of piperazine rings is 1. The van der Waals surface area contributed by atoms with Crippen LogP contribution in [0, 0.1) is 0 Å². The van der Waals surface area contributed by atoms with Gasteiger partial charge in [-0.2, -0.15) is 5.10 Å². The van der Waals surface area contributed by atoms with Crippen molar-refractivity contribution in [3.05, 3.63) is 71.5 Å². The highest BCUT2D eigenvalue weighted by atomic mass is 16.5. The van der Waals surface area contributed by atoms with E-state index in [-0.39, 0.29) is 17.2 Å². The summed E-state index contributed by atoms with van der Waals surface area (Å²) in [6, 6.07) is 17.1. The van der Waals surface area contributed by atoms with Gasteiger partial charge < -0.3 is 15.0 Å². The third-order valence-corrected chi connectivity index (χ3v) is 5.98. The maximum Gasteiger partial charge on any atom is 0.275 e. The van der Waals surface area contributed by atoms with Gasteiger partial charge in [0.1, 0.15) is 17.5 Å². The molecule has 2 heterocycles. The molecule has 0 radical (unpaired) electrons. The van der Waals surface area contributed by atoms with Gasteiger partial charge in [0.15, 0.2) is 0 Å².